The average Bonchev–Trinajstić information content (AvgIpc) is 3.19. The molecule has 1 fully saturated rings. The summed E-state index contributed by atoms with van der Waals surface area (Å²) < 4.78 is 2.11. The van der Waals surface area contributed by atoms with E-state index in [0.29, 0.717) is 19.3 Å². The Bertz CT molecular complexity index is 768. The first-order chi connectivity index (χ1) is 11.5. The van der Waals surface area contributed by atoms with E-state index in [1.165, 1.54) is 0 Å². The minimum atomic E-state index is -0.800. The second-order valence-electron chi connectivity index (χ2n) is 6.48. The number of benzene rings is 1. The van der Waals surface area contributed by atoms with Crippen molar-refractivity contribution in [2.24, 2.45) is 11.8 Å². The maximum Gasteiger partial charge on any atom is 0.306 e. The van der Waals surface area contributed by atoms with Crippen molar-refractivity contribution in [1.82, 2.24) is 14.9 Å². The van der Waals surface area contributed by atoms with Crippen molar-refractivity contribution in [3.05, 3.63) is 30.1 Å². The largest absolute Gasteiger partial charge is 0.481 e. The van der Waals surface area contributed by atoms with Crippen molar-refractivity contribution < 1.29 is 14.7 Å². The van der Waals surface area contributed by atoms with Gasteiger partial charge >= 0.3 is 5.97 Å². The number of nitrogens with one attached hydrogen (secondary N) is 1. The highest BCUT2D eigenvalue weighted by Crippen LogP contribution is 2.31. The van der Waals surface area contributed by atoms with Crippen molar-refractivity contribution in [1.29, 1.82) is 0 Å². The van der Waals surface area contributed by atoms with Crippen LogP contribution in [0.5, 0.6) is 0 Å². The van der Waals surface area contributed by atoms with E-state index in [1.54, 1.807) is 0 Å². The second-order valence-corrected chi connectivity index (χ2v) is 6.48. The lowest BCUT2D eigenvalue weighted by Crippen LogP contribution is -2.33. The molecule has 6 nitrogen and oxygen atoms in total. The summed E-state index contributed by atoms with van der Waals surface area (Å²) >= 11 is 0. The zero-order chi connectivity index (χ0) is 17.3. The maximum atomic E-state index is 12.5. The van der Waals surface area contributed by atoms with E-state index in [9.17, 15) is 9.59 Å². The van der Waals surface area contributed by atoms with Crippen LogP contribution in [-0.2, 0) is 16.1 Å². The Morgan fingerprint density at radius 2 is 2.04 bits per heavy atom. The van der Waals surface area contributed by atoms with E-state index in [4.69, 9.17) is 5.11 Å². The summed E-state index contributed by atoms with van der Waals surface area (Å²) in [6.07, 6.45) is 1.65. The van der Waals surface area contributed by atoms with Crippen LogP contribution in [0, 0.1) is 11.8 Å². The summed E-state index contributed by atoms with van der Waals surface area (Å²) in [5, 5.41) is 12.1. The summed E-state index contributed by atoms with van der Waals surface area (Å²) in [5.74, 6) is -0.642. The number of imidazole rings is 1. The third-order valence-electron chi connectivity index (χ3n) is 4.90. The van der Waals surface area contributed by atoms with Gasteiger partial charge in [0.25, 0.3) is 0 Å². The molecule has 1 saturated carbocycles. The number of nitrogens with zero attached hydrogens (tertiary/aromatic N) is 2. The molecule has 1 aliphatic carbocycles. The lowest BCUT2D eigenvalue weighted by atomic mass is 10.0. The number of aryl methyl sites for hydroxylation is 1. The molecule has 1 aliphatic rings. The van der Waals surface area contributed by atoms with Gasteiger partial charge in [-0.1, -0.05) is 12.1 Å². The Morgan fingerprint density at radius 1 is 1.33 bits per heavy atom. The van der Waals surface area contributed by atoms with Gasteiger partial charge in [-0.2, -0.15) is 0 Å². The van der Waals surface area contributed by atoms with Crippen LogP contribution in [0.4, 0.5) is 0 Å². The molecule has 6 heteroatoms. The molecule has 1 aromatic heterocycles. The van der Waals surface area contributed by atoms with E-state index in [-0.39, 0.29) is 17.9 Å². The van der Waals surface area contributed by atoms with Crippen LogP contribution in [0.2, 0.25) is 0 Å². The summed E-state index contributed by atoms with van der Waals surface area (Å²) in [6, 6.07) is 7.71. The summed E-state index contributed by atoms with van der Waals surface area (Å²) in [7, 11) is 0. The molecule has 24 heavy (non-hydrogen) atoms. The summed E-state index contributed by atoms with van der Waals surface area (Å²) in [6.45, 7) is 4.76. The molecule has 0 bridgehead atoms. The number of carbonyl (C=O) groups is 2. The maximum absolute atomic E-state index is 12.5. The minimum absolute atomic E-state index is 0.0686. The molecule has 128 valence electrons. The molecule has 1 unspecified atom stereocenters. The molecule has 2 N–H and O–H groups in total. The molecule has 3 rings (SSSR count). The topological polar surface area (TPSA) is 84.2 Å². The fourth-order valence-corrected chi connectivity index (χ4v) is 3.60. The number of rotatable bonds is 5. The van der Waals surface area contributed by atoms with Gasteiger partial charge in [0.05, 0.1) is 23.0 Å². The number of para-hydroxylation sites is 2. The third-order valence-corrected chi connectivity index (χ3v) is 4.90. The number of aliphatic carboxylic acids is 1. The highest BCUT2D eigenvalue weighted by molar-refractivity contribution is 5.81. The van der Waals surface area contributed by atoms with Gasteiger partial charge in [-0.3, -0.25) is 9.59 Å². The highest BCUT2D eigenvalue weighted by atomic mass is 16.4. The Morgan fingerprint density at radius 3 is 2.71 bits per heavy atom. The number of carboxylic acid groups (broad SMARTS) is 1. The van der Waals surface area contributed by atoms with E-state index >= 15 is 0 Å². The van der Waals surface area contributed by atoms with Crippen LogP contribution in [0.3, 0.4) is 0 Å². The minimum Gasteiger partial charge on any atom is -0.481 e. The number of aromatic nitrogens is 2. The predicted molar refractivity (Wildman–Crippen MR) is 90.4 cm³/mol. The van der Waals surface area contributed by atoms with E-state index < -0.39 is 11.9 Å². The average molecular weight is 329 g/mol. The molecule has 1 heterocycles. The molecule has 1 aromatic carbocycles. The van der Waals surface area contributed by atoms with Crippen LogP contribution < -0.4 is 5.32 Å². The second kappa shape index (κ2) is 6.63. The van der Waals surface area contributed by atoms with Crippen molar-refractivity contribution >= 4 is 22.9 Å². The Balaban J connectivity index is 1.74. The first-order valence-electron chi connectivity index (χ1n) is 8.49. The van der Waals surface area contributed by atoms with Gasteiger partial charge < -0.3 is 15.0 Å². The SMILES string of the molecule is CCn1c(C(C)NC(=O)[C@@H]2CC[C@H](C(=O)O)C2)nc2ccccc21. The quantitative estimate of drug-likeness (QED) is 0.883. The standard InChI is InChI=1S/C18H23N3O3/c1-3-21-15-7-5-4-6-14(15)20-16(21)11(2)19-17(22)12-8-9-13(10-12)18(23)24/h4-7,11-13H,3,8-10H2,1-2H3,(H,19,22)(H,23,24)/t11?,12-,13+/m1/s1. The Hall–Kier alpha value is -2.37. The molecule has 0 spiro atoms. The van der Waals surface area contributed by atoms with Crippen molar-refractivity contribution in [2.75, 3.05) is 0 Å². The van der Waals surface area contributed by atoms with Crippen molar-refractivity contribution in [3.63, 3.8) is 0 Å². The van der Waals surface area contributed by atoms with Gasteiger partial charge in [0.2, 0.25) is 5.91 Å². The number of hydrogen-bond donors (Lipinski definition) is 2. The van der Waals surface area contributed by atoms with Gasteiger partial charge in [-0.05, 0) is 45.2 Å². The zero-order valence-corrected chi connectivity index (χ0v) is 14.0. The van der Waals surface area contributed by atoms with Gasteiger partial charge in [-0.15, -0.1) is 0 Å². The Kier molecular flexibility index (Phi) is 4.55. The monoisotopic (exact) mass is 329 g/mol. The molecule has 3 atom stereocenters. The van der Waals surface area contributed by atoms with Gasteiger partial charge in [0.15, 0.2) is 0 Å². The predicted octanol–water partition coefficient (Wildman–Crippen LogP) is 2.73. The lowest BCUT2D eigenvalue weighted by molar-refractivity contribution is -0.141. The highest BCUT2D eigenvalue weighted by Gasteiger charge is 2.34. The molecule has 0 saturated heterocycles. The van der Waals surface area contributed by atoms with E-state index in [2.05, 4.69) is 21.8 Å². The number of fused-ring (bicyclic) bond motifs is 1. The van der Waals surface area contributed by atoms with Crippen LogP contribution in [0.1, 0.15) is 45.0 Å². The van der Waals surface area contributed by atoms with E-state index in [1.807, 2.05) is 31.2 Å². The normalized spacial score (nSPS) is 21.8. The number of amides is 1. The molecular formula is C18H23N3O3. The molecule has 2 aromatic rings. The molecule has 0 radical (unpaired) electrons. The molecular weight excluding hydrogens is 306 g/mol. The smallest absolute Gasteiger partial charge is 0.306 e. The summed E-state index contributed by atoms with van der Waals surface area (Å²) in [5.41, 5.74) is 1.98. The lowest BCUT2D eigenvalue weighted by Gasteiger charge is -2.18. The number of carbonyl (C=O) groups excluding carboxylic acids is 1. The van der Waals surface area contributed by atoms with Gasteiger partial charge in [-0.25, -0.2) is 4.98 Å². The van der Waals surface area contributed by atoms with Crippen LogP contribution in [0.15, 0.2) is 24.3 Å². The fourth-order valence-electron chi connectivity index (χ4n) is 3.60. The van der Waals surface area contributed by atoms with Crippen molar-refractivity contribution in [3.8, 4) is 0 Å². The molecule has 1 amide bonds. The first kappa shape index (κ1) is 16.5. The first-order valence-corrected chi connectivity index (χ1v) is 8.49. The summed E-state index contributed by atoms with van der Waals surface area (Å²) in [4.78, 5) is 28.2. The number of carboxylic acids is 1. The zero-order valence-electron chi connectivity index (χ0n) is 14.0. The third kappa shape index (κ3) is 3.00. The molecule has 0 aliphatic heterocycles. The van der Waals surface area contributed by atoms with Gasteiger partial charge in [0, 0.05) is 12.5 Å². The van der Waals surface area contributed by atoms with Crippen LogP contribution >= 0.6 is 0 Å². The number of hydrogen-bond acceptors (Lipinski definition) is 3. The van der Waals surface area contributed by atoms with Crippen LogP contribution in [0.25, 0.3) is 11.0 Å². The van der Waals surface area contributed by atoms with Crippen molar-refractivity contribution in [2.45, 2.75) is 45.7 Å². The fraction of sp³-hybridized carbons (Fsp3) is 0.500. The Labute approximate surface area is 140 Å². The van der Waals surface area contributed by atoms with Crippen LogP contribution in [-0.4, -0.2) is 26.5 Å². The van der Waals surface area contributed by atoms with Gasteiger partial charge in [0.1, 0.15) is 5.82 Å². The van der Waals surface area contributed by atoms with E-state index in [0.717, 1.165) is 23.4 Å².